The zero-order valence-electron chi connectivity index (χ0n) is 9.48. The summed E-state index contributed by atoms with van der Waals surface area (Å²) >= 11 is 0. The van der Waals surface area contributed by atoms with Gasteiger partial charge < -0.3 is 0 Å². The predicted molar refractivity (Wildman–Crippen MR) is 59.4 cm³/mol. The zero-order valence-corrected chi connectivity index (χ0v) is 9.48. The summed E-state index contributed by atoms with van der Waals surface area (Å²) < 4.78 is 0. The fourth-order valence-corrected chi connectivity index (χ4v) is 1.71. The third-order valence-electron chi connectivity index (χ3n) is 2.45. The molecule has 17 heavy (non-hydrogen) atoms. The lowest BCUT2D eigenvalue weighted by atomic mass is 10.2. The fourth-order valence-electron chi connectivity index (χ4n) is 1.71. The molecule has 6 heteroatoms. The minimum absolute atomic E-state index is 0.320. The number of rotatable bonds is 1. The van der Waals surface area contributed by atoms with Gasteiger partial charge in [0.1, 0.15) is 6.42 Å². The Morgan fingerprint density at radius 3 is 2.53 bits per heavy atom. The van der Waals surface area contributed by atoms with Crippen LogP contribution in [-0.2, 0) is 9.59 Å². The maximum atomic E-state index is 11.7. The molecule has 1 aromatic heterocycles. The van der Waals surface area contributed by atoms with Crippen LogP contribution in [0.4, 0.5) is 10.5 Å². The number of hydrogen-bond donors (Lipinski definition) is 1. The summed E-state index contributed by atoms with van der Waals surface area (Å²) in [6.07, 6.45) is -0.320. The Labute approximate surface area is 97.6 Å². The number of nitrogens with one attached hydrogen (secondary N) is 1. The van der Waals surface area contributed by atoms with Crippen molar-refractivity contribution in [3.63, 3.8) is 0 Å². The number of barbiturate groups is 1. The van der Waals surface area contributed by atoms with Crippen LogP contribution in [0.1, 0.15) is 17.8 Å². The summed E-state index contributed by atoms with van der Waals surface area (Å²) in [6, 6.07) is 2.63. The Balaban J connectivity index is 2.42. The highest BCUT2D eigenvalue weighted by atomic mass is 16.2. The standard InChI is InChI=1S/C11H11N3O3/c1-6-3-4-8(7(2)12-6)14-10(16)5-9(15)13-11(14)17/h3-4H,5H2,1-2H3,(H,13,15,17). The summed E-state index contributed by atoms with van der Waals surface area (Å²) in [5.74, 6) is -1.11. The first kappa shape index (κ1) is 11.3. The van der Waals surface area contributed by atoms with Crippen LogP contribution in [0, 0.1) is 13.8 Å². The molecule has 2 rings (SSSR count). The number of anilines is 1. The van der Waals surface area contributed by atoms with Gasteiger partial charge >= 0.3 is 6.03 Å². The van der Waals surface area contributed by atoms with Crippen LogP contribution in [0.15, 0.2) is 12.1 Å². The maximum Gasteiger partial charge on any atom is 0.335 e. The van der Waals surface area contributed by atoms with E-state index in [-0.39, 0.29) is 6.42 Å². The molecule has 2 heterocycles. The molecule has 1 aromatic rings. The van der Waals surface area contributed by atoms with Crippen LogP contribution in [0.3, 0.4) is 0 Å². The summed E-state index contributed by atoms with van der Waals surface area (Å²) in [7, 11) is 0. The lowest BCUT2D eigenvalue weighted by Crippen LogP contribution is -2.53. The molecule has 1 aliphatic rings. The Kier molecular flexibility index (Phi) is 2.63. The average Bonchev–Trinajstić information content (AvgIpc) is 2.19. The Bertz CT molecular complexity index is 505. The number of amides is 4. The van der Waals surface area contributed by atoms with Crippen molar-refractivity contribution in [2.24, 2.45) is 0 Å². The maximum absolute atomic E-state index is 11.7. The molecule has 0 saturated carbocycles. The molecule has 4 amide bonds. The lowest BCUT2D eigenvalue weighted by Gasteiger charge is -2.25. The van der Waals surface area contributed by atoms with Crippen LogP contribution in [0.5, 0.6) is 0 Å². The first-order valence-corrected chi connectivity index (χ1v) is 5.10. The topological polar surface area (TPSA) is 79.4 Å². The van der Waals surface area contributed by atoms with Gasteiger partial charge in [0, 0.05) is 5.69 Å². The number of pyridine rings is 1. The van der Waals surface area contributed by atoms with Gasteiger partial charge in [-0.3, -0.25) is 19.9 Å². The molecule has 1 aliphatic heterocycles. The summed E-state index contributed by atoms with van der Waals surface area (Å²) in [5.41, 5.74) is 1.78. The van der Waals surface area contributed by atoms with Gasteiger partial charge in [-0.25, -0.2) is 9.69 Å². The molecule has 0 unspecified atom stereocenters. The SMILES string of the molecule is Cc1ccc(N2C(=O)CC(=O)NC2=O)c(C)n1. The van der Waals surface area contributed by atoms with Crippen LogP contribution in [-0.4, -0.2) is 22.8 Å². The third-order valence-corrected chi connectivity index (χ3v) is 2.45. The second-order valence-electron chi connectivity index (χ2n) is 3.82. The number of carbonyl (C=O) groups excluding carboxylic acids is 3. The van der Waals surface area contributed by atoms with E-state index in [1.54, 1.807) is 19.1 Å². The molecule has 1 saturated heterocycles. The van der Waals surface area contributed by atoms with E-state index in [1.165, 1.54) is 0 Å². The van der Waals surface area contributed by atoms with Gasteiger partial charge in [-0.15, -0.1) is 0 Å². The van der Waals surface area contributed by atoms with E-state index in [0.717, 1.165) is 10.6 Å². The van der Waals surface area contributed by atoms with E-state index in [9.17, 15) is 14.4 Å². The number of nitrogens with zero attached hydrogens (tertiary/aromatic N) is 2. The number of aryl methyl sites for hydroxylation is 2. The third kappa shape index (κ3) is 2.01. The van der Waals surface area contributed by atoms with Crippen molar-refractivity contribution in [2.45, 2.75) is 20.3 Å². The van der Waals surface area contributed by atoms with Crippen molar-refractivity contribution < 1.29 is 14.4 Å². The molecule has 6 nitrogen and oxygen atoms in total. The van der Waals surface area contributed by atoms with Gasteiger partial charge in [0.2, 0.25) is 11.8 Å². The lowest BCUT2D eigenvalue weighted by molar-refractivity contribution is -0.128. The van der Waals surface area contributed by atoms with E-state index in [4.69, 9.17) is 0 Å². The molecule has 0 aliphatic carbocycles. The average molecular weight is 233 g/mol. The zero-order chi connectivity index (χ0) is 12.6. The minimum atomic E-state index is -0.722. The molecule has 0 bridgehead atoms. The Morgan fingerprint density at radius 2 is 1.94 bits per heavy atom. The highest BCUT2D eigenvalue weighted by molar-refractivity contribution is 6.26. The van der Waals surface area contributed by atoms with Crippen molar-refractivity contribution in [3.05, 3.63) is 23.5 Å². The van der Waals surface area contributed by atoms with Crippen LogP contribution in [0.25, 0.3) is 0 Å². The molecule has 0 atom stereocenters. The first-order chi connectivity index (χ1) is 7.99. The summed E-state index contributed by atoms with van der Waals surface area (Å²) in [4.78, 5) is 39.4. The Morgan fingerprint density at radius 1 is 1.24 bits per heavy atom. The van der Waals surface area contributed by atoms with Gasteiger partial charge in [0.15, 0.2) is 0 Å². The van der Waals surface area contributed by atoms with Crippen molar-refractivity contribution in [1.82, 2.24) is 10.3 Å². The number of imide groups is 2. The predicted octanol–water partition coefficient (Wildman–Crippen LogP) is 0.671. The normalized spacial score (nSPS) is 16.1. The second-order valence-corrected chi connectivity index (χ2v) is 3.82. The number of aromatic nitrogens is 1. The van der Waals surface area contributed by atoms with Crippen LogP contribution >= 0.6 is 0 Å². The first-order valence-electron chi connectivity index (χ1n) is 5.10. The molecule has 0 radical (unpaired) electrons. The quantitative estimate of drug-likeness (QED) is 0.723. The second kappa shape index (κ2) is 3.97. The van der Waals surface area contributed by atoms with Crippen molar-refractivity contribution in [2.75, 3.05) is 4.90 Å². The van der Waals surface area contributed by atoms with E-state index < -0.39 is 17.8 Å². The highest BCUT2D eigenvalue weighted by Crippen LogP contribution is 2.21. The van der Waals surface area contributed by atoms with Crippen LogP contribution in [0.2, 0.25) is 0 Å². The highest BCUT2D eigenvalue weighted by Gasteiger charge is 2.32. The van der Waals surface area contributed by atoms with Gasteiger partial charge in [0.25, 0.3) is 0 Å². The fraction of sp³-hybridized carbons (Fsp3) is 0.273. The number of carbonyl (C=O) groups is 3. The summed E-state index contributed by atoms with van der Waals surface area (Å²) in [5, 5.41) is 2.10. The number of hydrogen-bond acceptors (Lipinski definition) is 4. The molecular formula is C11H11N3O3. The number of urea groups is 1. The molecular weight excluding hydrogens is 222 g/mol. The summed E-state index contributed by atoms with van der Waals surface area (Å²) in [6.45, 7) is 3.53. The van der Waals surface area contributed by atoms with E-state index in [2.05, 4.69) is 10.3 Å². The molecule has 0 aromatic carbocycles. The van der Waals surface area contributed by atoms with Gasteiger partial charge in [-0.2, -0.15) is 0 Å². The largest absolute Gasteiger partial charge is 0.335 e. The van der Waals surface area contributed by atoms with E-state index in [0.29, 0.717) is 11.4 Å². The van der Waals surface area contributed by atoms with Crippen LogP contribution < -0.4 is 10.2 Å². The van der Waals surface area contributed by atoms with E-state index >= 15 is 0 Å². The Hall–Kier alpha value is -2.24. The van der Waals surface area contributed by atoms with Crippen molar-refractivity contribution in [1.29, 1.82) is 0 Å². The van der Waals surface area contributed by atoms with Crippen molar-refractivity contribution >= 4 is 23.5 Å². The molecule has 1 N–H and O–H groups in total. The smallest absolute Gasteiger partial charge is 0.277 e. The van der Waals surface area contributed by atoms with E-state index in [1.807, 2.05) is 6.92 Å². The minimum Gasteiger partial charge on any atom is -0.277 e. The van der Waals surface area contributed by atoms with Gasteiger partial charge in [-0.1, -0.05) is 0 Å². The monoisotopic (exact) mass is 233 g/mol. The molecule has 0 spiro atoms. The van der Waals surface area contributed by atoms with Gasteiger partial charge in [0.05, 0.1) is 11.4 Å². The van der Waals surface area contributed by atoms with Gasteiger partial charge in [-0.05, 0) is 26.0 Å². The molecule has 88 valence electrons. The van der Waals surface area contributed by atoms with Crippen molar-refractivity contribution in [3.8, 4) is 0 Å². The molecule has 1 fully saturated rings.